The van der Waals surface area contributed by atoms with Gasteiger partial charge in [-0.3, -0.25) is 0 Å². The zero-order chi connectivity index (χ0) is 9.68. The summed E-state index contributed by atoms with van der Waals surface area (Å²) in [6.45, 7) is 9.87. The first-order chi connectivity index (χ1) is 6.20. The maximum absolute atomic E-state index is 5.68. The van der Waals surface area contributed by atoms with E-state index in [1.807, 2.05) is 0 Å². The molecule has 1 heterocycles. The van der Waals surface area contributed by atoms with Gasteiger partial charge in [0, 0.05) is 13.1 Å². The standard InChI is InChI=1S/C10H21NO2/c1-8(2)9(3)13-7-10-6-11-4-5-12-10/h8-11H,4-7H2,1-3H3. The topological polar surface area (TPSA) is 30.5 Å². The molecule has 78 valence electrons. The molecule has 0 saturated carbocycles. The lowest BCUT2D eigenvalue weighted by atomic mass is 10.1. The van der Waals surface area contributed by atoms with Crippen molar-refractivity contribution >= 4 is 0 Å². The molecule has 0 aromatic carbocycles. The Hall–Kier alpha value is -0.120. The van der Waals surface area contributed by atoms with Crippen LogP contribution in [0.1, 0.15) is 20.8 Å². The van der Waals surface area contributed by atoms with Gasteiger partial charge in [-0.15, -0.1) is 0 Å². The van der Waals surface area contributed by atoms with Crippen LogP contribution in [-0.4, -0.2) is 38.5 Å². The molecule has 2 unspecified atom stereocenters. The minimum atomic E-state index is 0.245. The van der Waals surface area contributed by atoms with Crippen LogP contribution in [0.15, 0.2) is 0 Å². The second-order valence-electron chi connectivity index (χ2n) is 3.98. The third-order valence-corrected chi connectivity index (χ3v) is 2.49. The first kappa shape index (κ1) is 11.0. The third-order valence-electron chi connectivity index (χ3n) is 2.49. The molecule has 0 amide bonds. The van der Waals surface area contributed by atoms with Gasteiger partial charge in [-0.1, -0.05) is 13.8 Å². The molecule has 1 fully saturated rings. The van der Waals surface area contributed by atoms with E-state index in [0.29, 0.717) is 18.6 Å². The van der Waals surface area contributed by atoms with Crippen molar-refractivity contribution in [2.75, 3.05) is 26.3 Å². The highest BCUT2D eigenvalue weighted by atomic mass is 16.5. The van der Waals surface area contributed by atoms with Crippen LogP contribution in [0, 0.1) is 5.92 Å². The normalized spacial score (nSPS) is 26.3. The quantitative estimate of drug-likeness (QED) is 0.713. The van der Waals surface area contributed by atoms with Crippen molar-refractivity contribution in [3.8, 4) is 0 Å². The molecule has 2 atom stereocenters. The number of hydrogen-bond acceptors (Lipinski definition) is 3. The predicted octanol–water partition coefficient (Wildman–Crippen LogP) is 1.04. The van der Waals surface area contributed by atoms with Crippen molar-refractivity contribution in [3.05, 3.63) is 0 Å². The van der Waals surface area contributed by atoms with Crippen LogP contribution in [0.2, 0.25) is 0 Å². The lowest BCUT2D eigenvalue weighted by Crippen LogP contribution is -2.41. The van der Waals surface area contributed by atoms with Crippen molar-refractivity contribution in [1.82, 2.24) is 5.32 Å². The fourth-order valence-corrected chi connectivity index (χ4v) is 1.18. The van der Waals surface area contributed by atoms with E-state index in [1.165, 1.54) is 0 Å². The van der Waals surface area contributed by atoms with Crippen molar-refractivity contribution in [1.29, 1.82) is 0 Å². The molecule has 0 aromatic heterocycles. The average Bonchev–Trinajstić information content (AvgIpc) is 2.15. The summed E-state index contributed by atoms with van der Waals surface area (Å²) in [5.41, 5.74) is 0. The van der Waals surface area contributed by atoms with E-state index in [1.54, 1.807) is 0 Å². The molecular formula is C10H21NO2. The molecule has 0 bridgehead atoms. The monoisotopic (exact) mass is 187 g/mol. The Labute approximate surface area is 80.8 Å². The largest absolute Gasteiger partial charge is 0.375 e. The van der Waals surface area contributed by atoms with Gasteiger partial charge in [-0.2, -0.15) is 0 Å². The molecule has 1 aliphatic heterocycles. The van der Waals surface area contributed by atoms with Gasteiger partial charge >= 0.3 is 0 Å². The fraction of sp³-hybridized carbons (Fsp3) is 1.00. The van der Waals surface area contributed by atoms with Crippen molar-refractivity contribution < 1.29 is 9.47 Å². The Kier molecular flexibility index (Phi) is 4.70. The molecule has 1 aliphatic rings. The summed E-state index contributed by atoms with van der Waals surface area (Å²) >= 11 is 0. The zero-order valence-corrected chi connectivity index (χ0v) is 8.88. The number of rotatable bonds is 4. The molecule has 3 heteroatoms. The first-order valence-electron chi connectivity index (χ1n) is 5.14. The molecule has 3 nitrogen and oxygen atoms in total. The summed E-state index contributed by atoms with van der Waals surface area (Å²) in [6.07, 6.45) is 0.570. The Balaban J connectivity index is 2.10. The van der Waals surface area contributed by atoms with Crippen LogP contribution in [0.3, 0.4) is 0 Å². The Morgan fingerprint density at radius 3 is 2.77 bits per heavy atom. The third kappa shape index (κ3) is 4.07. The SMILES string of the molecule is CC(C)C(C)OCC1CNCCO1. The molecular weight excluding hydrogens is 166 g/mol. The smallest absolute Gasteiger partial charge is 0.0933 e. The van der Waals surface area contributed by atoms with Gasteiger partial charge in [-0.05, 0) is 12.8 Å². The minimum Gasteiger partial charge on any atom is -0.375 e. The predicted molar refractivity (Wildman–Crippen MR) is 52.9 cm³/mol. The maximum Gasteiger partial charge on any atom is 0.0933 e. The summed E-state index contributed by atoms with van der Waals surface area (Å²) in [5, 5.41) is 3.28. The fourth-order valence-electron chi connectivity index (χ4n) is 1.18. The number of morpholine rings is 1. The summed E-state index contributed by atoms with van der Waals surface area (Å²) in [5.74, 6) is 0.580. The van der Waals surface area contributed by atoms with E-state index in [0.717, 1.165) is 19.7 Å². The highest BCUT2D eigenvalue weighted by Crippen LogP contribution is 2.07. The zero-order valence-electron chi connectivity index (χ0n) is 8.88. The summed E-state index contributed by atoms with van der Waals surface area (Å²) < 4.78 is 11.2. The van der Waals surface area contributed by atoms with Crippen LogP contribution >= 0.6 is 0 Å². The highest BCUT2D eigenvalue weighted by Gasteiger charge is 2.15. The minimum absolute atomic E-state index is 0.245. The van der Waals surface area contributed by atoms with E-state index in [4.69, 9.17) is 9.47 Å². The number of ether oxygens (including phenoxy) is 2. The van der Waals surface area contributed by atoms with Crippen LogP contribution in [-0.2, 0) is 9.47 Å². The van der Waals surface area contributed by atoms with Crippen LogP contribution in [0.4, 0.5) is 0 Å². The molecule has 0 aliphatic carbocycles. The van der Waals surface area contributed by atoms with E-state index in [9.17, 15) is 0 Å². The maximum atomic E-state index is 5.68. The summed E-state index contributed by atoms with van der Waals surface area (Å²) in [4.78, 5) is 0. The Bertz CT molecular complexity index is 133. The Morgan fingerprint density at radius 2 is 2.23 bits per heavy atom. The van der Waals surface area contributed by atoms with Crippen molar-refractivity contribution in [3.63, 3.8) is 0 Å². The second-order valence-corrected chi connectivity index (χ2v) is 3.98. The average molecular weight is 187 g/mol. The molecule has 13 heavy (non-hydrogen) atoms. The van der Waals surface area contributed by atoms with Crippen LogP contribution in [0.5, 0.6) is 0 Å². The first-order valence-corrected chi connectivity index (χ1v) is 5.14. The van der Waals surface area contributed by atoms with Gasteiger partial charge < -0.3 is 14.8 Å². The molecule has 0 aromatic rings. The molecule has 1 rings (SSSR count). The summed E-state index contributed by atoms with van der Waals surface area (Å²) in [7, 11) is 0. The highest BCUT2D eigenvalue weighted by molar-refractivity contribution is 4.67. The van der Waals surface area contributed by atoms with E-state index in [2.05, 4.69) is 26.1 Å². The van der Waals surface area contributed by atoms with Crippen molar-refractivity contribution in [2.24, 2.45) is 5.92 Å². The number of nitrogens with one attached hydrogen (secondary N) is 1. The number of hydrogen-bond donors (Lipinski definition) is 1. The van der Waals surface area contributed by atoms with Gasteiger partial charge in [0.05, 0.1) is 25.4 Å². The van der Waals surface area contributed by atoms with E-state index < -0.39 is 0 Å². The van der Waals surface area contributed by atoms with Gasteiger partial charge in [0.25, 0.3) is 0 Å². The lowest BCUT2D eigenvalue weighted by Gasteiger charge is -2.26. The summed E-state index contributed by atoms with van der Waals surface area (Å²) in [6, 6.07) is 0. The molecule has 0 radical (unpaired) electrons. The molecule has 1 N–H and O–H groups in total. The van der Waals surface area contributed by atoms with Gasteiger partial charge in [0.2, 0.25) is 0 Å². The van der Waals surface area contributed by atoms with Crippen molar-refractivity contribution in [2.45, 2.75) is 33.0 Å². The van der Waals surface area contributed by atoms with Gasteiger partial charge in [0.15, 0.2) is 0 Å². The lowest BCUT2D eigenvalue weighted by molar-refractivity contribution is -0.0609. The van der Waals surface area contributed by atoms with Gasteiger partial charge in [0.1, 0.15) is 0 Å². The van der Waals surface area contributed by atoms with Crippen LogP contribution < -0.4 is 5.32 Å². The second kappa shape index (κ2) is 5.58. The molecule has 0 spiro atoms. The van der Waals surface area contributed by atoms with E-state index in [-0.39, 0.29) is 6.10 Å². The molecule has 1 saturated heterocycles. The Morgan fingerprint density at radius 1 is 1.46 bits per heavy atom. The van der Waals surface area contributed by atoms with Gasteiger partial charge in [-0.25, -0.2) is 0 Å². The van der Waals surface area contributed by atoms with E-state index >= 15 is 0 Å². The van der Waals surface area contributed by atoms with Crippen LogP contribution in [0.25, 0.3) is 0 Å².